The summed E-state index contributed by atoms with van der Waals surface area (Å²) in [5, 5.41) is 14.3. The number of aromatic amines is 4. The fourth-order valence-corrected chi connectivity index (χ4v) is 7.31. The van der Waals surface area contributed by atoms with Gasteiger partial charge in [-0.1, -0.05) is 115 Å². The summed E-state index contributed by atoms with van der Waals surface area (Å²) < 4.78 is 0. The van der Waals surface area contributed by atoms with Crippen LogP contribution in [0.2, 0.25) is 0 Å². The zero-order valence-corrected chi connectivity index (χ0v) is 28.1. The molecular weight excluding hydrogens is 625 g/mol. The Morgan fingerprint density at radius 3 is 0.922 bits per heavy atom. The molecule has 0 radical (unpaired) electrons. The summed E-state index contributed by atoms with van der Waals surface area (Å²) in [5.41, 5.74) is 13.6. The molecule has 51 heavy (non-hydrogen) atoms. The van der Waals surface area contributed by atoms with Crippen LogP contribution in [0.15, 0.2) is 164 Å². The zero-order valence-electron chi connectivity index (χ0n) is 28.1. The van der Waals surface area contributed by atoms with Gasteiger partial charge in [0.05, 0.1) is 6.10 Å². The van der Waals surface area contributed by atoms with Crippen LogP contribution >= 0.6 is 0 Å². The Kier molecular flexibility index (Phi) is 7.60. The van der Waals surface area contributed by atoms with Crippen molar-refractivity contribution < 1.29 is 5.11 Å². The van der Waals surface area contributed by atoms with Crippen LogP contribution in [0.25, 0.3) is 22.3 Å². The second-order valence-corrected chi connectivity index (χ2v) is 13.0. The summed E-state index contributed by atoms with van der Waals surface area (Å²) in [7, 11) is 0. The van der Waals surface area contributed by atoms with Crippen LogP contribution in [-0.4, -0.2) is 25.0 Å². The molecule has 0 amide bonds. The molecule has 0 fully saturated rings. The van der Waals surface area contributed by atoms with Crippen molar-refractivity contribution in [3.63, 3.8) is 0 Å². The van der Waals surface area contributed by atoms with Gasteiger partial charge in [-0.05, 0) is 83.3 Å². The molecule has 9 rings (SSSR count). The number of aromatic nitrogens is 4. The number of aliphatic hydroxyl groups excluding tert-OH is 1. The van der Waals surface area contributed by atoms with Gasteiger partial charge < -0.3 is 25.0 Å². The third kappa shape index (κ3) is 5.60. The molecule has 1 aliphatic rings. The largest absolute Gasteiger partial charge is 0.389 e. The Labute approximate surface area is 295 Å². The van der Waals surface area contributed by atoms with Crippen LogP contribution < -0.4 is 21.4 Å². The summed E-state index contributed by atoms with van der Waals surface area (Å²) in [6.07, 6.45) is -0.544. The molecular formula is C46H36N4O. The van der Waals surface area contributed by atoms with E-state index in [4.69, 9.17) is 0 Å². The lowest BCUT2D eigenvalue weighted by Gasteiger charge is -2.10. The van der Waals surface area contributed by atoms with E-state index in [9.17, 15) is 5.11 Å². The minimum atomic E-state index is -0.544. The normalized spacial score (nSPS) is 13.5. The first-order valence-corrected chi connectivity index (χ1v) is 17.3. The Bertz CT molecular complexity index is 2740. The quantitative estimate of drug-likeness (QED) is 0.147. The van der Waals surface area contributed by atoms with Crippen molar-refractivity contribution in [1.82, 2.24) is 19.9 Å². The molecule has 5 N–H and O–H groups in total. The van der Waals surface area contributed by atoms with Gasteiger partial charge in [0.15, 0.2) is 0 Å². The van der Waals surface area contributed by atoms with E-state index in [1.54, 1.807) is 6.92 Å². The number of H-pyrrole nitrogens is 4. The van der Waals surface area contributed by atoms with Gasteiger partial charge in [-0.3, -0.25) is 0 Å². The van der Waals surface area contributed by atoms with Gasteiger partial charge in [-0.2, -0.15) is 0 Å². The molecule has 4 aromatic heterocycles. The molecule has 8 bridgehead atoms. The average molecular weight is 661 g/mol. The molecule has 8 aromatic rings. The van der Waals surface area contributed by atoms with E-state index >= 15 is 0 Å². The van der Waals surface area contributed by atoms with E-state index in [0.29, 0.717) is 0 Å². The Balaban J connectivity index is 1.42. The molecule has 4 aromatic carbocycles. The van der Waals surface area contributed by atoms with E-state index < -0.39 is 6.10 Å². The Hall–Kier alpha value is -6.56. The Morgan fingerprint density at radius 1 is 0.333 bits per heavy atom. The molecule has 5 heteroatoms. The number of fused-ring (bicyclic) bond motifs is 8. The van der Waals surface area contributed by atoms with Crippen molar-refractivity contribution in [2.75, 3.05) is 0 Å². The van der Waals surface area contributed by atoms with E-state index in [-0.39, 0.29) is 0 Å². The van der Waals surface area contributed by atoms with E-state index in [1.807, 2.05) is 12.1 Å². The summed E-state index contributed by atoms with van der Waals surface area (Å²) in [5.74, 6) is 0. The first-order chi connectivity index (χ1) is 25.1. The van der Waals surface area contributed by atoms with Crippen molar-refractivity contribution in [1.29, 1.82) is 0 Å². The highest BCUT2D eigenvalue weighted by molar-refractivity contribution is 5.84. The topological polar surface area (TPSA) is 83.4 Å². The SMILES string of the molecule is CC(O)c1ccc(C2=c3ccc([nH]3)=C(c3ccccc3)c3ccc([nH]3)C(c3ccccc3)=c3ccc([nH]3)=C(c3ccccc3)c3ccc2[nH]3)cc1. The first kappa shape index (κ1) is 30.5. The average Bonchev–Trinajstić information content (AvgIpc) is 4.01. The second kappa shape index (κ2) is 12.7. The van der Waals surface area contributed by atoms with Crippen molar-refractivity contribution in [2.24, 2.45) is 0 Å². The third-order valence-electron chi connectivity index (χ3n) is 9.77. The van der Waals surface area contributed by atoms with Gasteiger partial charge in [0.1, 0.15) is 0 Å². The van der Waals surface area contributed by atoms with Crippen molar-refractivity contribution in [2.45, 2.75) is 13.0 Å². The lowest BCUT2D eigenvalue weighted by atomic mass is 10.00. The third-order valence-corrected chi connectivity index (χ3v) is 9.77. The van der Waals surface area contributed by atoms with Crippen LogP contribution in [0.1, 0.15) is 63.6 Å². The van der Waals surface area contributed by atoms with Gasteiger partial charge >= 0.3 is 0 Å². The second-order valence-electron chi connectivity index (χ2n) is 13.0. The summed E-state index contributed by atoms with van der Waals surface area (Å²) in [6.45, 7) is 1.80. The van der Waals surface area contributed by atoms with Gasteiger partial charge in [-0.25, -0.2) is 0 Å². The molecule has 1 aliphatic heterocycles. The van der Waals surface area contributed by atoms with Crippen LogP contribution in [-0.2, 0) is 0 Å². The van der Waals surface area contributed by atoms with E-state index in [0.717, 1.165) is 94.3 Å². The van der Waals surface area contributed by atoms with Gasteiger partial charge in [-0.15, -0.1) is 0 Å². The molecule has 0 spiro atoms. The molecule has 0 aliphatic carbocycles. The van der Waals surface area contributed by atoms with Crippen LogP contribution in [0.5, 0.6) is 0 Å². The summed E-state index contributed by atoms with van der Waals surface area (Å²) >= 11 is 0. The molecule has 1 unspecified atom stereocenters. The van der Waals surface area contributed by atoms with E-state index in [2.05, 4.69) is 172 Å². The fraction of sp³-hybridized carbons (Fsp3) is 0.0435. The summed E-state index contributed by atoms with van der Waals surface area (Å²) in [6, 6.07) is 57.2. The molecule has 0 saturated carbocycles. The number of nitrogens with one attached hydrogen (secondary N) is 4. The first-order valence-electron chi connectivity index (χ1n) is 17.3. The highest BCUT2D eigenvalue weighted by Crippen LogP contribution is 2.28. The number of benzene rings is 4. The lowest BCUT2D eigenvalue weighted by molar-refractivity contribution is 0.199. The maximum atomic E-state index is 10.3. The molecule has 5 heterocycles. The number of aliphatic hydroxyl groups is 1. The summed E-state index contributed by atoms with van der Waals surface area (Å²) in [4.78, 5) is 15.3. The maximum absolute atomic E-state index is 10.3. The fourth-order valence-electron chi connectivity index (χ4n) is 7.31. The smallest absolute Gasteiger partial charge is 0.0761 e. The maximum Gasteiger partial charge on any atom is 0.0761 e. The molecule has 1 atom stereocenters. The monoisotopic (exact) mass is 660 g/mol. The minimum Gasteiger partial charge on any atom is -0.389 e. The predicted molar refractivity (Wildman–Crippen MR) is 205 cm³/mol. The van der Waals surface area contributed by atoms with E-state index in [1.165, 1.54) is 0 Å². The van der Waals surface area contributed by atoms with Gasteiger partial charge in [0.2, 0.25) is 0 Å². The number of hydrogen-bond acceptors (Lipinski definition) is 1. The van der Waals surface area contributed by atoms with Crippen molar-refractivity contribution in [3.05, 3.63) is 236 Å². The van der Waals surface area contributed by atoms with Crippen LogP contribution in [0.3, 0.4) is 0 Å². The standard InChI is InChI=1S/C46H36N4O/c1-29(51)30-17-19-34(20-18-30)46-41-27-25-39(49-41)44(32-13-7-3-8-14-32)37-23-21-35(47-37)43(31-11-5-2-6-12-31)36-22-24-38(48-36)45(33-15-9-4-10-16-33)40-26-28-42(46)50-40/h2-29,47-51H,1H3. The molecule has 0 saturated heterocycles. The molecule has 5 nitrogen and oxygen atoms in total. The lowest BCUT2D eigenvalue weighted by Crippen LogP contribution is -2.19. The Morgan fingerprint density at radius 2 is 0.627 bits per heavy atom. The predicted octanol–water partition coefficient (Wildman–Crippen LogP) is 6.35. The van der Waals surface area contributed by atoms with Crippen molar-refractivity contribution >= 4 is 22.3 Å². The number of rotatable bonds is 5. The highest BCUT2D eigenvalue weighted by atomic mass is 16.3. The molecule has 246 valence electrons. The zero-order chi connectivity index (χ0) is 34.3. The highest BCUT2D eigenvalue weighted by Gasteiger charge is 2.18. The van der Waals surface area contributed by atoms with Gasteiger partial charge in [0, 0.05) is 66.5 Å². The van der Waals surface area contributed by atoms with Crippen molar-refractivity contribution in [3.8, 4) is 0 Å². The van der Waals surface area contributed by atoms with Crippen LogP contribution in [0.4, 0.5) is 0 Å². The minimum absolute atomic E-state index is 0.544. The number of hydrogen-bond donors (Lipinski definition) is 5. The van der Waals surface area contributed by atoms with Gasteiger partial charge in [0.25, 0.3) is 0 Å². The van der Waals surface area contributed by atoms with Crippen LogP contribution in [0, 0.1) is 0 Å².